The van der Waals surface area contributed by atoms with Gasteiger partial charge in [0.05, 0.1) is 12.3 Å². The topological polar surface area (TPSA) is 37.4 Å². The molecule has 0 aliphatic carbocycles. The molecule has 4 nitrogen and oxygen atoms in total. The Morgan fingerprint density at radius 3 is 2.88 bits per heavy atom. The lowest BCUT2D eigenvalue weighted by molar-refractivity contribution is 0.147. The van der Waals surface area contributed by atoms with E-state index in [1.54, 1.807) is 7.11 Å². The van der Waals surface area contributed by atoms with Gasteiger partial charge in [0.25, 0.3) is 0 Å². The highest BCUT2D eigenvalue weighted by atomic mass is 16.5. The third kappa shape index (κ3) is 4.16. The van der Waals surface area contributed by atoms with Crippen molar-refractivity contribution in [3.8, 4) is 0 Å². The fourth-order valence-electron chi connectivity index (χ4n) is 1.51. The zero-order valence-corrected chi connectivity index (χ0v) is 10.4. The summed E-state index contributed by atoms with van der Waals surface area (Å²) in [4.78, 5) is 6.80. The van der Waals surface area contributed by atoms with Crippen LogP contribution in [0.25, 0.3) is 0 Å². The van der Waals surface area contributed by atoms with E-state index in [9.17, 15) is 0 Å². The molecule has 0 bridgehead atoms. The standard InChI is InChI=1S/C12H21N3O/c1-4-15(8-9-16-3)10-11-6-5-7-12(13-2)14-11/h5-7H,4,8-10H2,1-3H3,(H,13,14). The van der Waals surface area contributed by atoms with Gasteiger partial charge >= 0.3 is 0 Å². The van der Waals surface area contributed by atoms with Gasteiger partial charge in [-0.25, -0.2) is 4.98 Å². The Bertz CT molecular complexity index is 304. The maximum Gasteiger partial charge on any atom is 0.126 e. The Hall–Kier alpha value is -1.13. The molecule has 1 rings (SSSR count). The van der Waals surface area contributed by atoms with Crippen molar-refractivity contribution in [2.45, 2.75) is 13.5 Å². The number of anilines is 1. The molecule has 1 aromatic rings. The summed E-state index contributed by atoms with van der Waals surface area (Å²) in [6.07, 6.45) is 0. The number of rotatable bonds is 7. The molecule has 0 amide bonds. The van der Waals surface area contributed by atoms with Crippen molar-refractivity contribution in [3.63, 3.8) is 0 Å². The lowest BCUT2D eigenvalue weighted by Gasteiger charge is -2.19. The van der Waals surface area contributed by atoms with Crippen molar-refractivity contribution in [3.05, 3.63) is 23.9 Å². The number of methoxy groups -OCH3 is 1. The minimum absolute atomic E-state index is 0.763. The Morgan fingerprint density at radius 1 is 1.44 bits per heavy atom. The summed E-state index contributed by atoms with van der Waals surface area (Å²) in [6, 6.07) is 6.05. The summed E-state index contributed by atoms with van der Waals surface area (Å²) in [7, 11) is 3.61. The molecule has 90 valence electrons. The monoisotopic (exact) mass is 223 g/mol. The summed E-state index contributed by atoms with van der Waals surface area (Å²) < 4.78 is 5.08. The van der Waals surface area contributed by atoms with Crippen LogP contribution in [0.15, 0.2) is 18.2 Å². The number of nitrogens with one attached hydrogen (secondary N) is 1. The fourth-order valence-corrected chi connectivity index (χ4v) is 1.51. The predicted molar refractivity (Wildman–Crippen MR) is 66.6 cm³/mol. The maximum absolute atomic E-state index is 5.08. The van der Waals surface area contributed by atoms with Crippen LogP contribution < -0.4 is 5.32 Å². The summed E-state index contributed by atoms with van der Waals surface area (Å²) in [6.45, 7) is 5.74. The first kappa shape index (κ1) is 12.9. The average molecular weight is 223 g/mol. The first-order valence-corrected chi connectivity index (χ1v) is 5.65. The SMILES string of the molecule is CCN(CCOC)Cc1cccc(NC)n1. The number of hydrogen-bond acceptors (Lipinski definition) is 4. The number of aromatic nitrogens is 1. The highest BCUT2D eigenvalue weighted by molar-refractivity contribution is 5.34. The molecular weight excluding hydrogens is 202 g/mol. The molecule has 16 heavy (non-hydrogen) atoms. The van der Waals surface area contributed by atoms with Crippen LogP contribution >= 0.6 is 0 Å². The number of hydrogen-bond donors (Lipinski definition) is 1. The van der Waals surface area contributed by atoms with Crippen molar-refractivity contribution in [2.24, 2.45) is 0 Å². The molecule has 0 atom stereocenters. The lowest BCUT2D eigenvalue weighted by atomic mass is 10.3. The van der Waals surface area contributed by atoms with Gasteiger partial charge in [-0.1, -0.05) is 13.0 Å². The van der Waals surface area contributed by atoms with Gasteiger partial charge in [0.2, 0.25) is 0 Å². The van der Waals surface area contributed by atoms with Crippen molar-refractivity contribution in [2.75, 3.05) is 39.2 Å². The molecule has 0 aliphatic heterocycles. The van der Waals surface area contributed by atoms with Crippen molar-refractivity contribution >= 4 is 5.82 Å². The Morgan fingerprint density at radius 2 is 2.25 bits per heavy atom. The summed E-state index contributed by atoms with van der Waals surface area (Å²) in [5, 5.41) is 3.05. The number of ether oxygens (including phenoxy) is 1. The minimum atomic E-state index is 0.763. The van der Waals surface area contributed by atoms with Gasteiger partial charge in [0, 0.05) is 27.2 Å². The molecule has 1 heterocycles. The number of nitrogens with zero attached hydrogens (tertiary/aromatic N) is 2. The van der Waals surface area contributed by atoms with Crippen molar-refractivity contribution in [1.82, 2.24) is 9.88 Å². The summed E-state index contributed by atoms with van der Waals surface area (Å²) >= 11 is 0. The molecule has 1 aromatic heterocycles. The predicted octanol–water partition coefficient (Wildman–Crippen LogP) is 1.59. The molecule has 0 saturated heterocycles. The average Bonchev–Trinajstić information content (AvgIpc) is 2.34. The number of pyridine rings is 1. The highest BCUT2D eigenvalue weighted by Crippen LogP contribution is 2.06. The van der Waals surface area contributed by atoms with Crippen LogP contribution in [-0.4, -0.2) is 43.7 Å². The van der Waals surface area contributed by atoms with E-state index in [4.69, 9.17) is 4.74 Å². The second-order valence-electron chi connectivity index (χ2n) is 3.63. The normalized spacial score (nSPS) is 10.8. The van der Waals surface area contributed by atoms with Crippen molar-refractivity contribution < 1.29 is 4.74 Å². The molecule has 0 aliphatic rings. The summed E-state index contributed by atoms with van der Waals surface area (Å²) in [5.41, 5.74) is 1.09. The van der Waals surface area contributed by atoms with Gasteiger partial charge in [-0.3, -0.25) is 4.90 Å². The number of likely N-dealkylation sites (N-methyl/N-ethyl adjacent to an activating group) is 1. The van der Waals surface area contributed by atoms with Gasteiger partial charge < -0.3 is 10.1 Å². The first-order valence-electron chi connectivity index (χ1n) is 5.65. The van der Waals surface area contributed by atoms with Crippen LogP contribution in [0.5, 0.6) is 0 Å². The van der Waals surface area contributed by atoms with Gasteiger partial charge in [-0.05, 0) is 18.7 Å². The quantitative estimate of drug-likeness (QED) is 0.761. The van der Waals surface area contributed by atoms with Gasteiger partial charge in [0.15, 0.2) is 0 Å². The Balaban J connectivity index is 2.55. The van der Waals surface area contributed by atoms with Crippen LogP contribution in [0.4, 0.5) is 5.82 Å². The van der Waals surface area contributed by atoms with E-state index in [1.807, 2.05) is 19.2 Å². The van der Waals surface area contributed by atoms with Gasteiger partial charge in [0.1, 0.15) is 5.82 Å². The van der Waals surface area contributed by atoms with Crippen LogP contribution in [-0.2, 0) is 11.3 Å². The van der Waals surface area contributed by atoms with Gasteiger partial charge in [-0.15, -0.1) is 0 Å². The van der Waals surface area contributed by atoms with E-state index >= 15 is 0 Å². The Labute approximate surface area is 97.6 Å². The van der Waals surface area contributed by atoms with Crippen LogP contribution in [0.3, 0.4) is 0 Å². The van der Waals surface area contributed by atoms with E-state index in [-0.39, 0.29) is 0 Å². The van der Waals surface area contributed by atoms with Gasteiger partial charge in [-0.2, -0.15) is 0 Å². The largest absolute Gasteiger partial charge is 0.383 e. The molecule has 0 saturated carbocycles. The second kappa shape index (κ2) is 7.19. The lowest BCUT2D eigenvalue weighted by Crippen LogP contribution is -2.27. The third-order valence-corrected chi connectivity index (χ3v) is 2.51. The summed E-state index contributed by atoms with van der Waals surface area (Å²) in [5.74, 6) is 0.917. The molecule has 0 fully saturated rings. The minimum Gasteiger partial charge on any atom is -0.383 e. The highest BCUT2D eigenvalue weighted by Gasteiger charge is 2.04. The smallest absolute Gasteiger partial charge is 0.126 e. The zero-order chi connectivity index (χ0) is 11.8. The fraction of sp³-hybridized carbons (Fsp3) is 0.583. The van der Waals surface area contributed by atoms with E-state index in [1.165, 1.54) is 0 Å². The second-order valence-corrected chi connectivity index (χ2v) is 3.63. The van der Waals surface area contributed by atoms with Crippen LogP contribution in [0.1, 0.15) is 12.6 Å². The molecule has 4 heteroatoms. The molecule has 1 N–H and O–H groups in total. The molecule has 0 spiro atoms. The molecule has 0 radical (unpaired) electrons. The molecular formula is C12H21N3O. The zero-order valence-electron chi connectivity index (χ0n) is 10.4. The van der Waals surface area contributed by atoms with Crippen LogP contribution in [0, 0.1) is 0 Å². The van der Waals surface area contributed by atoms with E-state index < -0.39 is 0 Å². The van der Waals surface area contributed by atoms with E-state index in [0.29, 0.717) is 0 Å². The first-order chi connectivity index (χ1) is 7.80. The van der Waals surface area contributed by atoms with Crippen LogP contribution in [0.2, 0.25) is 0 Å². The van der Waals surface area contributed by atoms with Crippen molar-refractivity contribution in [1.29, 1.82) is 0 Å². The third-order valence-electron chi connectivity index (χ3n) is 2.51. The Kier molecular flexibility index (Phi) is 5.82. The van der Waals surface area contributed by atoms with E-state index in [2.05, 4.69) is 28.2 Å². The molecule has 0 aromatic carbocycles. The maximum atomic E-state index is 5.08. The van der Waals surface area contributed by atoms with E-state index in [0.717, 1.165) is 37.8 Å². The molecule has 0 unspecified atom stereocenters.